The van der Waals surface area contributed by atoms with Crippen LogP contribution in [0.2, 0.25) is 0 Å². The van der Waals surface area contributed by atoms with E-state index in [9.17, 15) is 4.79 Å². The predicted octanol–water partition coefficient (Wildman–Crippen LogP) is 1.72. The Bertz CT molecular complexity index is 376. The van der Waals surface area contributed by atoms with Crippen molar-refractivity contribution in [2.75, 3.05) is 12.4 Å². The Morgan fingerprint density at radius 2 is 2.20 bits per heavy atom. The van der Waals surface area contributed by atoms with Gasteiger partial charge in [0.2, 0.25) is 5.91 Å². The number of fused-ring (bicyclic) bond motifs is 1. The number of carbonyl (C=O) groups excluding carboxylic acids is 1. The zero-order valence-corrected chi connectivity index (χ0v) is 9.08. The number of para-hydroxylation sites is 1. The molecule has 2 rings (SSSR count). The molecule has 1 aliphatic rings. The number of nitrogens with one attached hydrogen (secondary N) is 2. The van der Waals surface area contributed by atoms with Crippen LogP contribution in [0, 0.1) is 0 Å². The lowest BCUT2D eigenvalue weighted by molar-refractivity contribution is -0.117. The summed E-state index contributed by atoms with van der Waals surface area (Å²) in [5, 5.41) is 6.07. The fraction of sp³-hybridized carbons (Fsp3) is 0.417. The molecule has 15 heavy (non-hydrogen) atoms. The second-order valence-electron chi connectivity index (χ2n) is 4.05. The normalized spacial score (nSPS) is 20.9. The highest BCUT2D eigenvalue weighted by atomic mass is 16.2. The summed E-state index contributed by atoms with van der Waals surface area (Å²) >= 11 is 0. The topological polar surface area (TPSA) is 41.1 Å². The fourth-order valence-corrected chi connectivity index (χ4v) is 1.98. The summed E-state index contributed by atoms with van der Waals surface area (Å²) in [5.74, 6) is 0.127. The lowest BCUT2D eigenvalue weighted by atomic mass is 9.94. The van der Waals surface area contributed by atoms with Crippen LogP contribution in [0.1, 0.15) is 24.8 Å². The molecular weight excluding hydrogens is 188 g/mol. The Hall–Kier alpha value is -1.35. The van der Waals surface area contributed by atoms with Gasteiger partial charge in [0.15, 0.2) is 0 Å². The number of amides is 1. The minimum absolute atomic E-state index is 0.00338. The molecule has 2 N–H and O–H groups in total. The molecular formula is C12H16N2O. The molecule has 0 fully saturated rings. The van der Waals surface area contributed by atoms with Crippen molar-refractivity contribution >= 4 is 11.6 Å². The molecule has 80 valence electrons. The number of rotatable bonds is 3. The number of hydrogen-bond donors (Lipinski definition) is 2. The first kappa shape index (κ1) is 10.2. The highest BCUT2D eigenvalue weighted by Gasteiger charge is 2.30. The summed E-state index contributed by atoms with van der Waals surface area (Å²) < 4.78 is 0. The van der Waals surface area contributed by atoms with Gasteiger partial charge in [0.05, 0.1) is 5.92 Å². The van der Waals surface area contributed by atoms with E-state index in [0.717, 1.165) is 17.7 Å². The first-order valence-corrected chi connectivity index (χ1v) is 5.29. The van der Waals surface area contributed by atoms with Crippen molar-refractivity contribution in [1.82, 2.24) is 5.32 Å². The smallest absolute Gasteiger partial charge is 0.232 e. The van der Waals surface area contributed by atoms with E-state index in [2.05, 4.69) is 17.6 Å². The Kier molecular flexibility index (Phi) is 2.73. The lowest BCUT2D eigenvalue weighted by Crippen LogP contribution is -2.26. The van der Waals surface area contributed by atoms with Crippen LogP contribution in [0.15, 0.2) is 24.3 Å². The second kappa shape index (κ2) is 4.03. The van der Waals surface area contributed by atoms with Crippen molar-refractivity contribution in [3.05, 3.63) is 29.8 Å². The van der Waals surface area contributed by atoms with Crippen molar-refractivity contribution < 1.29 is 4.79 Å². The third-order valence-electron chi connectivity index (χ3n) is 2.99. The standard InChI is InChI=1S/C12H16N2O/c1-8(13-2)7-10-9-5-3-4-6-11(9)14-12(10)15/h3-6,8,10,13H,7H2,1-2H3,(H,14,15). The zero-order chi connectivity index (χ0) is 10.8. The molecule has 2 unspecified atom stereocenters. The van der Waals surface area contributed by atoms with Crippen molar-refractivity contribution in [3.8, 4) is 0 Å². The summed E-state index contributed by atoms with van der Waals surface area (Å²) in [7, 11) is 1.92. The molecule has 0 radical (unpaired) electrons. The van der Waals surface area contributed by atoms with E-state index in [-0.39, 0.29) is 11.8 Å². The molecule has 2 atom stereocenters. The Morgan fingerprint density at radius 1 is 1.47 bits per heavy atom. The van der Waals surface area contributed by atoms with E-state index in [1.54, 1.807) is 0 Å². The van der Waals surface area contributed by atoms with E-state index in [1.807, 2.05) is 31.3 Å². The molecule has 0 aliphatic carbocycles. The van der Waals surface area contributed by atoms with E-state index in [1.165, 1.54) is 0 Å². The number of hydrogen-bond acceptors (Lipinski definition) is 2. The third-order valence-corrected chi connectivity index (χ3v) is 2.99. The van der Waals surface area contributed by atoms with Crippen molar-refractivity contribution in [1.29, 1.82) is 0 Å². The van der Waals surface area contributed by atoms with Gasteiger partial charge in [0.25, 0.3) is 0 Å². The Morgan fingerprint density at radius 3 is 2.93 bits per heavy atom. The van der Waals surface area contributed by atoms with Crippen LogP contribution >= 0.6 is 0 Å². The van der Waals surface area contributed by atoms with Crippen LogP contribution in [0.4, 0.5) is 5.69 Å². The summed E-state index contributed by atoms with van der Waals surface area (Å²) in [6, 6.07) is 8.27. The SMILES string of the molecule is CNC(C)CC1C(=O)Nc2ccccc21. The van der Waals surface area contributed by atoms with Gasteiger partial charge in [-0.05, 0) is 32.0 Å². The summed E-state index contributed by atoms with van der Waals surface area (Å²) in [5.41, 5.74) is 2.10. The summed E-state index contributed by atoms with van der Waals surface area (Å²) in [6.07, 6.45) is 0.847. The lowest BCUT2D eigenvalue weighted by Gasteiger charge is -2.14. The summed E-state index contributed by atoms with van der Waals surface area (Å²) in [4.78, 5) is 11.7. The van der Waals surface area contributed by atoms with Crippen molar-refractivity contribution in [2.24, 2.45) is 0 Å². The third kappa shape index (κ3) is 1.88. The molecule has 0 saturated carbocycles. The molecule has 0 aromatic heterocycles. The van der Waals surface area contributed by atoms with Crippen LogP contribution in [-0.4, -0.2) is 19.0 Å². The number of carbonyl (C=O) groups is 1. The van der Waals surface area contributed by atoms with Crippen LogP contribution in [0.3, 0.4) is 0 Å². The van der Waals surface area contributed by atoms with Gasteiger partial charge in [-0.3, -0.25) is 4.79 Å². The van der Waals surface area contributed by atoms with Crippen LogP contribution in [0.5, 0.6) is 0 Å². The molecule has 1 heterocycles. The quantitative estimate of drug-likeness (QED) is 0.787. The van der Waals surface area contributed by atoms with E-state index in [4.69, 9.17) is 0 Å². The molecule has 1 aliphatic heterocycles. The predicted molar refractivity (Wildman–Crippen MR) is 61.0 cm³/mol. The Balaban J connectivity index is 2.22. The van der Waals surface area contributed by atoms with E-state index in [0.29, 0.717) is 6.04 Å². The minimum atomic E-state index is 0.00338. The van der Waals surface area contributed by atoms with Gasteiger partial charge in [0.1, 0.15) is 0 Å². The number of benzene rings is 1. The largest absolute Gasteiger partial charge is 0.325 e. The molecule has 1 aromatic carbocycles. The van der Waals surface area contributed by atoms with Gasteiger partial charge in [-0.25, -0.2) is 0 Å². The summed E-state index contributed by atoms with van der Waals surface area (Å²) in [6.45, 7) is 2.09. The molecule has 3 heteroatoms. The maximum atomic E-state index is 11.7. The van der Waals surface area contributed by atoms with Crippen LogP contribution in [-0.2, 0) is 4.79 Å². The average Bonchev–Trinajstić information content (AvgIpc) is 2.55. The monoisotopic (exact) mass is 204 g/mol. The zero-order valence-electron chi connectivity index (χ0n) is 9.08. The molecule has 0 spiro atoms. The highest BCUT2D eigenvalue weighted by Crippen LogP contribution is 2.34. The minimum Gasteiger partial charge on any atom is -0.325 e. The molecule has 1 aromatic rings. The maximum absolute atomic E-state index is 11.7. The van der Waals surface area contributed by atoms with Crippen molar-refractivity contribution in [3.63, 3.8) is 0 Å². The van der Waals surface area contributed by atoms with Gasteiger partial charge in [-0.2, -0.15) is 0 Å². The first-order valence-electron chi connectivity index (χ1n) is 5.29. The molecule has 1 amide bonds. The molecule has 3 nitrogen and oxygen atoms in total. The average molecular weight is 204 g/mol. The fourth-order valence-electron chi connectivity index (χ4n) is 1.98. The van der Waals surface area contributed by atoms with Gasteiger partial charge < -0.3 is 10.6 Å². The van der Waals surface area contributed by atoms with Gasteiger partial charge in [0, 0.05) is 11.7 Å². The second-order valence-corrected chi connectivity index (χ2v) is 4.05. The first-order chi connectivity index (χ1) is 7.22. The van der Waals surface area contributed by atoms with Crippen LogP contribution < -0.4 is 10.6 Å². The van der Waals surface area contributed by atoms with Gasteiger partial charge >= 0.3 is 0 Å². The van der Waals surface area contributed by atoms with Crippen LogP contribution in [0.25, 0.3) is 0 Å². The Labute approximate surface area is 89.9 Å². The van der Waals surface area contributed by atoms with E-state index < -0.39 is 0 Å². The number of anilines is 1. The maximum Gasteiger partial charge on any atom is 0.232 e. The molecule has 0 bridgehead atoms. The van der Waals surface area contributed by atoms with Gasteiger partial charge in [-0.1, -0.05) is 18.2 Å². The van der Waals surface area contributed by atoms with Crippen molar-refractivity contribution in [2.45, 2.75) is 25.3 Å². The van der Waals surface area contributed by atoms with Gasteiger partial charge in [-0.15, -0.1) is 0 Å². The van der Waals surface area contributed by atoms with E-state index >= 15 is 0 Å². The highest BCUT2D eigenvalue weighted by molar-refractivity contribution is 6.02. The molecule has 0 saturated heterocycles.